The topological polar surface area (TPSA) is 57.1 Å². The number of esters is 1. The second-order valence-electron chi connectivity index (χ2n) is 5.81. The van der Waals surface area contributed by atoms with Gasteiger partial charge in [-0.25, -0.2) is 9.79 Å². The molecule has 0 spiro atoms. The van der Waals surface area contributed by atoms with Crippen LogP contribution in [0.2, 0.25) is 0 Å². The largest absolute Gasteiger partial charge is 0.490 e. The predicted octanol–water partition coefficient (Wildman–Crippen LogP) is 2.74. The fourth-order valence-electron chi connectivity index (χ4n) is 1.84. The number of carbonyl (C=O) groups is 1. The van der Waals surface area contributed by atoms with Gasteiger partial charge in [0, 0.05) is 11.1 Å². The number of aliphatic imine (C=N–C) groups is 1. The third-order valence-corrected chi connectivity index (χ3v) is 3.00. The van der Waals surface area contributed by atoms with Crippen molar-refractivity contribution in [2.75, 3.05) is 19.8 Å². The van der Waals surface area contributed by atoms with Crippen molar-refractivity contribution in [2.24, 2.45) is 4.99 Å². The van der Waals surface area contributed by atoms with Crippen LogP contribution < -0.4 is 4.74 Å². The molecular weight excluding hydrogens is 282 g/mol. The highest BCUT2D eigenvalue weighted by Crippen LogP contribution is 2.22. The van der Waals surface area contributed by atoms with Gasteiger partial charge in [-0.2, -0.15) is 0 Å². The van der Waals surface area contributed by atoms with E-state index < -0.39 is 5.97 Å². The molecule has 5 heteroatoms. The number of hydrogen-bond acceptors (Lipinski definition) is 5. The first-order chi connectivity index (χ1) is 10.4. The van der Waals surface area contributed by atoms with Gasteiger partial charge in [0.15, 0.2) is 0 Å². The van der Waals surface area contributed by atoms with Gasteiger partial charge < -0.3 is 14.2 Å². The van der Waals surface area contributed by atoms with Gasteiger partial charge in [-0.05, 0) is 45.0 Å². The van der Waals surface area contributed by atoms with Crippen LogP contribution in [0.15, 0.2) is 41.4 Å². The Bertz CT molecular complexity index is 587. The summed E-state index contributed by atoms with van der Waals surface area (Å²) in [4.78, 5) is 15.7. The van der Waals surface area contributed by atoms with Crippen molar-refractivity contribution in [1.82, 2.24) is 0 Å². The van der Waals surface area contributed by atoms with Crippen molar-refractivity contribution in [2.45, 2.75) is 26.3 Å². The Morgan fingerprint density at radius 3 is 2.55 bits per heavy atom. The van der Waals surface area contributed by atoms with Crippen LogP contribution in [0.1, 0.15) is 26.3 Å². The molecule has 0 atom stereocenters. The van der Waals surface area contributed by atoms with Crippen LogP contribution in [0.4, 0.5) is 0 Å². The van der Waals surface area contributed by atoms with Crippen LogP contribution in [0.3, 0.4) is 0 Å². The van der Waals surface area contributed by atoms with E-state index in [1.165, 1.54) is 0 Å². The maximum atomic E-state index is 11.2. The van der Waals surface area contributed by atoms with E-state index in [9.17, 15) is 4.79 Å². The molecule has 1 aromatic carbocycles. The molecule has 0 N–H and O–H groups in total. The van der Waals surface area contributed by atoms with Crippen molar-refractivity contribution < 1.29 is 19.0 Å². The standard InChI is InChI=1S/C17H21NO4/c1-12(2)16(19)21-10-9-20-14-7-5-13(6-8-14)15-18-17(3,4)11-22-15/h5-8H,1,9-11H2,2-4H3. The van der Waals surface area contributed by atoms with Crippen LogP contribution in [0.25, 0.3) is 0 Å². The number of rotatable bonds is 6. The minimum Gasteiger partial charge on any atom is -0.490 e. The van der Waals surface area contributed by atoms with Gasteiger partial charge in [-0.15, -0.1) is 0 Å². The first-order valence-electron chi connectivity index (χ1n) is 7.16. The molecule has 1 aliphatic heterocycles. The summed E-state index contributed by atoms with van der Waals surface area (Å²) in [5, 5.41) is 0. The Kier molecular flexibility index (Phi) is 4.85. The van der Waals surface area contributed by atoms with Gasteiger partial charge in [0.05, 0.1) is 5.54 Å². The summed E-state index contributed by atoms with van der Waals surface area (Å²) in [5.74, 6) is 0.956. The van der Waals surface area contributed by atoms with Crippen molar-refractivity contribution in [1.29, 1.82) is 0 Å². The summed E-state index contributed by atoms with van der Waals surface area (Å²) in [6.45, 7) is 10.3. The van der Waals surface area contributed by atoms with Crippen LogP contribution in [0.5, 0.6) is 5.75 Å². The molecule has 0 unspecified atom stereocenters. The lowest BCUT2D eigenvalue weighted by atomic mass is 10.1. The summed E-state index contributed by atoms with van der Waals surface area (Å²) in [7, 11) is 0. The summed E-state index contributed by atoms with van der Waals surface area (Å²) in [6, 6.07) is 7.48. The minimum atomic E-state index is -0.405. The maximum Gasteiger partial charge on any atom is 0.333 e. The Labute approximate surface area is 130 Å². The molecule has 0 saturated carbocycles. The van der Waals surface area contributed by atoms with E-state index in [1.807, 2.05) is 38.1 Å². The third-order valence-electron chi connectivity index (χ3n) is 3.00. The van der Waals surface area contributed by atoms with Crippen LogP contribution in [-0.4, -0.2) is 37.2 Å². The van der Waals surface area contributed by atoms with E-state index in [0.29, 0.717) is 30.4 Å². The molecule has 1 heterocycles. The molecule has 1 aliphatic rings. The normalized spacial score (nSPS) is 15.7. The molecule has 118 valence electrons. The molecule has 0 radical (unpaired) electrons. The lowest BCUT2D eigenvalue weighted by Gasteiger charge is -2.08. The van der Waals surface area contributed by atoms with Crippen LogP contribution >= 0.6 is 0 Å². The molecule has 0 saturated heterocycles. The molecule has 0 bridgehead atoms. The minimum absolute atomic E-state index is 0.169. The highest BCUT2D eigenvalue weighted by Gasteiger charge is 2.26. The first-order valence-corrected chi connectivity index (χ1v) is 7.16. The number of benzene rings is 1. The van der Waals surface area contributed by atoms with Gasteiger partial charge >= 0.3 is 5.97 Å². The lowest BCUT2D eigenvalue weighted by Crippen LogP contribution is -2.17. The third kappa shape index (κ3) is 4.35. The lowest BCUT2D eigenvalue weighted by molar-refractivity contribution is -0.139. The average Bonchev–Trinajstić information content (AvgIpc) is 2.84. The molecule has 5 nitrogen and oxygen atoms in total. The average molecular weight is 303 g/mol. The summed E-state index contributed by atoms with van der Waals surface area (Å²) in [5.41, 5.74) is 1.13. The SMILES string of the molecule is C=C(C)C(=O)OCCOc1ccc(C2=NC(C)(C)CO2)cc1. The molecule has 0 fully saturated rings. The summed E-state index contributed by atoms with van der Waals surface area (Å²) >= 11 is 0. The van der Waals surface area contributed by atoms with E-state index in [4.69, 9.17) is 14.2 Å². The summed E-state index contributed by atoms with van der Waals surface area (Å²) in [6.07, 6.45) is 0. The van der Waals surface area contributed by atoms with Gasteiger partial charge in [0.25, 0.3) is 0 Å². The number of carbonyl (C=O) groups excluding carboxylic acids is 1. The first kappa shape index (κ1) is 16.1. The van der Waals surface area contributed by atoms with Gasteiger partial charge in [0.1, 0.15) is 25.6 Å². The zero-order valence-corrected chi connectivity index (χ0v) is 13.2. The van der Waals surface area contributed by atoms with Gasteiger partial charge in [-0.3, -0.25) is 0 Å². The highest BCUT2D eigenvalue weighted by molar-refractivity contribution is 5.95. The highest BCUT2D eigenvalue weighted by atomic mass is 16.6. The van der Waals surface area contributed by atoms with Gasteiger partial charge in [-0.1, -0.05) is 6.58 Å². The predicted molar refractivity (Wildman–Crippen MR) is 84.3 cm³/mol. The number of ether oxygens (including phenoxy) is 3. The molecule has 1 aromatic rings. The fraction of sp³-hybridized carbons (Fsp3) is 0.412. The van der Waals surface area contributed by atoms with E-state index in [2.05, 4.69) is 11.6 Å². The summed E-state index contributed by atoms with van der Waals surface area (Å²) < 4.78 is 16.0. The second kappa shape index (κ2) is 6.64. The van der Waals surface area contributed by atoms with Crippen LogP contribution in [-0.2, 0) is 14.3 Å². The van der Waals surface area contributed by atoms with Crippen LogP contribution in [0, 0.1) is 0 Å². The van der Waals surface area contributed by atoms with Gasteiger partial charge in [0.2, 0.25) is 5.90 Å². The zero-order valence-electron chi connectivity index (χ0n) is 13.2. The molecule has 22 heavy (non-hydrogen) atoms. The Hall–Kier alpha value is -2.30. The molecule has 0 aromatic heterocycles. The van der Waals surface area contributed by atoms with E-state index >= 15 is 0 Å². The maximum absolute atomic E-state index is 11.2. The number of nitrogens with zero attached hydrogens (tertiary/aromatic N) is 1. The fourth-order valence-corrected chi connectivity index (χ4v) is 1.84. The smallest absolute Gasteiger partial charge is 0.333 e. The molecular formula is C17H21NO4. The van der Waals surface area contributed by atoms with Crippen molar-refractivity contribution in [3.63, 3.8) is 0 Å². The Balaban J connectivity index is 1.83. The molecule has 2 rings (SSSR count). The van der Waals surface area contributed by atoms with E-state index in [1.54, 1.807) is 6.92 Å². The Morgan fingerprint density at radius 2 is 2.00 bits per heavy atom. The zero-order chi connectivity index (χ0) is 16.2. The van der Waals surface area contributed by atoms with Crippen molar-refractivity contribution in [3.8, 4) is 5.75 Å². The Morgan fingerprint density at radius 1 is 1.32 bits per heavy atom. The number of hydrogen-bond donors (Lipinski definition) is 0. The monoisotopic (exact) mass is 303 g/mol. The quantitative estimate of drug-likeness (QED) is 0.460. The molecule has 0 amide bonds. The van der Waals surface area contributed by atoms with Crippen molar-refractivity contribution >= 4 is 11.9 Å². The van der Waals surface area contributed by atoms with E-state index in [-0.39, 0.29) is 12.1 Å². The van der Waals surface area contributed by atoms with Crippen molar-refractivity contribution in [3.05, 3.63) is 42.0 Å². The molecule has 0 aliphatic carbocycles. The van der Waals surface area contributed by atoms with E-state index in [0.717, 1.165) is 5.56 Å². The second-order valence-corrected chi connectivity index (χ2v) is 5.81.